The van der Waals surface area contributed by atoms with Gasteiger partial charge in [-0.15, -0.1) is 0 Å². The summed E-state index contributed by atoms with van der Waals surface area (Å²) in [6.07, 6.45) is 0. The summed E-state index contributed by atoms with van der Waals surface area (Å²) in [6.45, 7) is 1.68. The van der Waals surface area contributed by atoms with E-state index in [-0.39, 0.29) is 11.8 Å². The lowest BCUT2D eigenvalue weighted by molar-refractivity contribution is 0.619. The second-order valence-electron chi connectivity index (χ2n) is 2.65. The Hall–Kier alpha value is -1.58. The van der Waals surface area contributed by atoms with Crippen LogP contribution in [0.4, 0.5) is 10.1 Å². The number of nitrogens with zero attached hydrogens (tertiary/aromatic N) is 1. The highest BCUT2D eigenvalue weighted by molar-refractivity contribution is 5.92. The second kappa shape index (κ2) is 3.89. The average molecular weight is 181 g/mol. The van der Waals surface area contributed by atoms with Crippen LogP contribution in [0, 0.1) is 12.7 Å². The summed E-state index contributed by atoms with van der Waals surface area (Å²) in [5, 5.41) is 2.79. The lowest BCUT2D eigenvalue weighted by Gasteiger charge is -2.08. The van der Waals surface area contributed by atoms with E-state index in [0.717, 1.165) is 0 Å². The van der Waals surface area contributed by atoms with Crippen molar-refractivity contribution in [2.24, 2.45) is 10.7 Å². The zero-order valence-corrected chi connectivity index (χ0v) is 7.63. The quantitative estimate of drug-likeness (QED) is 0.509. The number of anilines is 1. The lowest BCUT2D eigenvalue weighted by Crippen LogP contribution is -2.22. The topological polar surface area (TPSA) is 50.4 Å². The number of nitrogens with two attached hydrogens (primary N) is 1. The molecule has 70 valence electrons. The summed E-state index contributed by atoms with van der Waals surface area (Å²) in [6, 6.07) is 4.77. The first-order valence-electron chi connectivity index (χ1n) is 3.89. The van der Waals surface area contributed by atoms with E-state index in [9.17, 15) is 4.39 Å². The summed E-state index contributed by atoms with van der Waals surface area (Å²) in [5.74, 6) is 0.0163. The van der Waals surface area contributed by atoms with Gasteiger partial charge in [-0.2, -0.15) is 0 Å². The summed E-state index contributed by atoms with van der Waals surface area (Å²) >= 11 is 0. The van der Waals surface area contributed by atoms with Crippen molar-refractivity contribution in [1.29, 1.82) is 0 Å². The zero-order chi connectivity index (χ0) is 9.84. The predicted molar refractivity (Wildman–Crippen MR) is 52.3 cm³/mol. The first-order chi connectivity index (χ1) is 6.15. The Morgan fingerprint density at radius 3 is 2.85 bits per heavy atom. The number of guanidine groups is 1. The largest absolute Gasteiger partial charge is 0.370 e. The molecule has 0 spiro atoms. The molecular formula is C9H12FN3. The van der Waals surface area contributed by atoms with E-state index >= 15 is 0 Å². The van der Waals surface area contributed by atoms with E-state index in [2.05, 4.69) is 10.3 Å². The van der Waals surface area contributed by atoms with E-state index in [1.165, 1.54) is 6.07 Å². The molecule has 1 rings (SSSR count). The van der Waals surface area contributed by atoms with Gasteiger partial charge in [0, 0.05) is 18.3 Å². The molecule has 1 aromatic rings. The first-order valence-corrected chi connectivity index (χ1v) is 3.89. The fourth-order valence-electron chi connectivity index (χ4n) is 0.937. The standard InChI is InChI=1S/C9H12FN3/c1-6-7(10)4-3-5-8(6)13-9(11)12-2/h3-5H,1-2H3,(H3,11,12,13). The van der Waals surface area contributed by atoms with Crippen LogP contribution in [-0.4, -0.2) is 13.0 Å². The van der Waals surface area contributed by atoms with Crippen LogP contribution in [0.5, 0.6) is 0 Å². The van der Waals surface area contributed by atoms with Gasteiger partial charge in [-0.25, -0.2) is 4.39 Å². The van der Waals surface area contributed by atoms with Crippen LogP contribution in [0.15, 0.2) is 23.2 Å². The van der Waals surface area contributed by atoms with Crippen molar-refractivity contribution >= 4 is 11.6 Å². The van der Waals surface area contributed by atoms with Crippen LogP contribution in [0.1, 0.15) is 5.56 Å². The Morgan fingerprint density at radius 2 is 2.23 bits per heavy atom. The SMILES string of the molecule is CN=C(N)Nc1cccc(F)c1C. The molecule has 4 heteroatoms. The molecule has 0 radical (unpaired) electrons. The van der Waals surface area contributed by atoms with Crippen LogP contribution < -0.4 is 11.1 Å². The van der Waals surface area contributed by atoms with Gasteiger partial charge in [0.2, 0.25) is 0 Å². The Labute approximate surface area is 76.5 Å². The summed E-state index contributed by atoms with van der Waals surface area (Å²) in [7, 11) is 1.57. The highest BCUT2D eigenvalue weighted by Gasteiger charge is 2.02. The molecule has 0 aliphatic heterocycles. The van der Waals surface area contributed by atoms with Gasteiger partial charge >= 0.3 is 0 Å². The molecule has 3 N–H and O–H groups in total. The predicted octanol–water partition coefficient (Wildman–Crippen LogP) is 1.49. The molecule has 0 amide bonds. The van der Waals surface area contributed by atoms with Gasteiger partial charge in [-0.05, 0) is 19.1 Å². The average Bonchev–Trinajstić information content (AvgIpc) is 2.13. The van der Waals surface area contributed by atoms with Gasteiger partial charge in [-0.1, -0.05) is 6.07 Å². The smallest absolute Gasteiger partial charge is 0.192 e. The second-order valence-corrected chi connectivity index (χ2v) is 2.65. The molecule has 13 heavy (non-hydrogen) atoms. The first kappa shape index (κ1) is 9.51. The number of hydrogen-bond donors (Lipinski definition) is 2. The Kier molecular flexibility index (Phi) is 2.84. The number of benzene rings is 1. The minimum Gasteiger partial charge on any atom is -0.370 e. The lowest BCUT2D eigenvalue weighted by atomic mass is 10.2. The molecule has 0 fully saturated rings. The Morgan fingerprint density at radius 1 is 1.54 bits per heavy atom. The van der Waals surface area contributed by atoms with Crippen molar-refractivity contribution in [3.8, 4) is 0 Å². The molecule has 0 aliphatic rings. The third-order valence-corrected chi connectivity index (χ3v) is 1.77. The van der Waals surface area contributed by atoms with E-state index in [0.29, 0.717) is 11.3 Å². The molecular weight excluding hydrogens is 169 g/mol. The molecule has 0 saturated heterocycles. The summed E-state index contributed by atoms with van der Waals surface area (Å²) in [4.78, 5) is 3.72. The van der Waals surface area contributed by atoms with Crippen LogP contribution in [0.2, 0.25) is 0 Å². The molecule has 0 aromatic heterocycles. The van der Waals surface area contributed by atoms with Crippen molar-refractivity contribution in [3.05, 3.63) is 29.6 Å². The van der Waals surface area contributed by atoms with Crippen molar-refractivity contribution in [2.75, 3.05) is 12.4 Å². The Balaban J connectivity index is 2.96. The number of halogens is 1. The fourth-order valence-corrected chi connectivity index (χ4v) is 0.937. The van der Waals surface area contributed by atoms with E-state index in [1.54, 1.807) is 26.1 Å². The fraction of sp³-hybridized carbons (Fsp3) is 0.222. The van der Waals surface area contributed by atoms with Crippen molar-refractivity contribution < 1.29 is 4.39 Å². The van der Waals surface area contributed by atoms with Gasteiger partial charge in [0.05, 0.1) is 0 Å². The highest BCUT2D eigenvalue weighted by Crippen LogP contribution is 2.16. The van der Waals surface area contributed by atoms with Crippen LogP contribution in [0.3, 0.4) is 0 Å². The number of hydrogen-bond acceptors (Lipinski definition) is 1. The third kappa shape index (κ3) is 2.18. The molecule has 0 heterocycles. The number of aliphatic imine (C=N–C) groups is 1. The van der Waals surface area contributed by atoms with E-state index < -0.39 is 0 Å². The maximum atomic E-state index is 13.0. The highest BCUT2D eigenvalue weighted by atomic mass is 19.1. The number of nitrogens with one attached hydrogen (secondary N) is 1. The van der Waals surface area contributed by atoms with Crippen LogP contribution in [0.25, 0.3) is 0 Å². The Bertz CT molecular complexity index is 334. The summed E-state index contributed by atoms with van der Waals surface area (Å²) in [5.41, 5.74) is 6.62. The van der Waals surface area contributed by atoms with Crippen LogP contribution >= 0.6 is 0 Å². The molecule has 0 bridgehead atoms. The van der Waals surface area contributed by atoms with Crippen molar-refractivity contribution in [1.82, 2.24) is 0 Å². The van der Waals surface area contributed by atoms with Gasteiger partial charge in [0.25, 0.3) is 0 Å². The van der Waals surface area contributed by atoms with Gasteiger partial charge in [0.1, 0.15) is 5.82 Å². The number of rotatable bonds is 1. The van der Waals surface area contributed by atoms with Gasteiger partial charge in [0.15, 0.2) is 5.96 Å². The summed E-state index contributed by atoms with van der Waals surface area (Å²) < 4.78 is 13.0. The van der Waals surface area contributed by atoms with E-state index in [1.807, 2.05) is 0 Å². The maximum absolute atomic E-state index is 13.0. The monoisotopic (exact) mass is 181 g/mol. The zero-order valence-electron chi connectivity index (χ0n) is 7.63. The third-order valence-electron chi connectivity index (χ3n) is 1.77. The molecule has 0 aliphatic carbocycles. The minimum atomic E-state index is -0.256. The molecule has 0 atom stereocenters. The molecule has 1 aromatic carbocycles. The normalized spacial score (nSPS) is 11.5. The maximum Gasteiger partial charge on any atom is 0.192 e. The molecule has 3 nitrogen and oxygen atoms in total. The van der Waals surface area contributed by atoms with Gasteiger partial charge < -0.3 is 11.1 Å². The molecule has 0 saturated carbocycles. The van der Waals surface area contributed by atoms with E-state index in [4.69, 9.17) is 5.73 Å². The minimum absolute atomic E-state index is 0.256. The van der Waals surface area contributed by atoms with Crippen LogP contribution in [-0.2, 0) is 0 Å². The van der Waals surface area contributed by atoms with Crippen molar-refractivity contribution in [2.45, 2.75) is 6.92 Å². The van der Waals surface area contributed by atoms with Gasteiger partial charge in [-0.3, -0.25) is 4.99 Å². The van der Waals surface area contributed by atoms with Crippen molar-refractivity contribution in [3.63, 3.8) is 0 Å². The molecule has 0 unspecified atom stereocenters.